The highest BCUT2D eigenvalue weighted by molar-refractivity contribution is 6.07. The fourth-order valence-corrected chi connectivity index (χ4v) is 2.14. The number of carbonyl (C=O) groups excluding carboxylic acids is 2. The highest BCUT2D eigenvalue weighted by Crippen LogP contribution is 2.27. The maximum Gasteiger partial charge on any atom is 0.255 e. The maximum atomic E-state index is 12.5. The molecule has 2 aromatic carbocycles. The van der Waals surface area contributed by atoms with Crippen LogP contribution in [0.5, 0.6) is 5.75 Å². The molecule has 0 radical (unpaired) electrons. The number of ether oxygens (including phenoxy) is 1. The Hall–Kier alpha value is -2.86. The number of aryl methyl sites for hydroxylation is 2. The Morgan fingerprint density at radius 2 is 1.75 bits per heavy atom. The van der Waals surface area contributed by atoms with E-state index in [1.807, 2.05) is 26.0 Å². The first-order valence-corrected chi connectivity index (χ1v) is 7.51. The van der Waals surface area contributed by atoms with Crippen molar-refractivity contribution < 1.29 is 14.3 Å². The van der Waals surface area contributed by atoms with E-state index in [2.05, 4.69) is 10.6 Å². The lowest BCUT2D eigenvalue weighted by Gasteiger charge is -2.14. The zero-order chi connectivity index (χ0) is 17.7. The van der Waals surface area contributed by atoms with Crippen molar-refractivity contribution in [1.29, 1.82) is 0 Å². The van der Waals surface area contributed by atoms with Gasteiger partial charge in [-0.3, -0.25) is 9.59 Å². The number of carbonyl (C=O) groups is 2. The van der Waals surface area contributed by atoms with E-state index >= 15 is 0 Å². The number of anilines is 2. The molecule has 6 nitrogen and oxygen atoms in total. The molecule has 0 saturated heterocycles. The highest BCUT2D eigenvalue weighted by Gasteiger charge is 2.12. The third-order valence-corrected chi connectivity index (χ3v) is 3.70. The van der Waals surface area contributed by atoms with Crippen LogP contribution in [-0.2, 0) is 4.79 Å². The van der Waals surface area contributed by atoms with Crippen LogP contribution in [-0.4, -0.2) is 25.5 Å². The Bertz CT molecular complexity index is 772. The summed E-state index contributed by atoms with van der Waals surface area (Å²) in [7, 11) is 1.53. The van der Waals surface area contributed by atoms with Crippen LogP contribution in [0.3, 0.4) is 0 Å². The van der Waals surface area contributed by atoms with Crippen molar-refractivity contribution in [3.05, 3.63) is 53.1 Å². The predicted molar refractivity (Wildman–Crippen MR) is 94.5 cm³/mol. The van der Waals surface area contributed by atoms with Crippen molar-refractivity contribution in [2.24, 2.45) is 5.73 Å². The van der Waals surface area contributed by atoms with Crippen LogP contribution in [0.25, 0.3) is 0 Å². The maximum absolute atomic E-state index is 12.5. The molecule has 0 fully saturated rings. The van der Waals surface area contributed by atoms with Gasteiger partial charge in [-0.05, 0) is 49.2 Å². The summed E-state index contributed by atoms with van der Waals surface area (Å²) in [5, 5.41) is 5.46. The van der Waals surface area contributed by atoms with Crippen LogP contribution < -0.4 is 21.1 Å². The van der Waals surface area contributed by atoms with Crippen LogP contribution in [0.2, 0.25) is 0 Å². The van der Waals surface area contributed by atoms with Gasteiger partial charge in [-0.1, -0.05) is 6.07 Å². The first-order chi connectivity index (χ1) is 11.4. The summed E-state index contributed by atoms with van der Waals surface area (Å²) in [5.41, 5.74) is 8.94. The molecule has 2 rings (SSSR count). The number of methoxy groups -OCH3 is 1. The van der Waals surface area contributed by atoms with E-state index in [0.29, 0.717) is 22.7 Å². The smallest absolute Gasteiger partial charge is 0.255 e. The lowest BCUT2D eigenvalue weighted by Crippen LogP contribution is -2.23. The molecule has 0 spiro atoms. The van der Waals surface area contributed by atoms with Crippen LogP contribution in [0, 0.1) is 13.8 Å². The quantitative estimate of drug-likeness (QED) is 0.786. The molecule has 0 unspecified atom stereocenters. The van der Waals surface area contributed by atoms with E-state index in [9.17, 15) is 9.59 Å². The number of amides is 2. The van der Waals surface area contributed by atoms with E-state index < -0.39 is 0 Å². The molecule has 0 saturated carbocycles. The van der Waals surface area contributed by atoms with Crippen molar-refractivity contribution in [2.45, 2.75) is 13.8 Å². The van der Waals surface area contributed by atoms with E-state index in [0.717, 1.165) is 11.1 Å². The van der Waals surface area contributed by atoms with E-state index in [1.165, 1.54) is 7.11 Å². The Labute approximate surface area is 141 Å². The molecule has 0 aromatic heterocycles. The molecule has 0 heterocycles. The van der Waals surface area contributed by atoms with Crippen molar-refractivity contribution in [3.63, 3.8) is 0 Å². The summed E-state index contributed by atoms with van der Waals surface area (Å²) >= 11 is 0. The van der Waals surface area contributed by atoms with Gasteiger partial charge in [0.1, 0.15) is 5.75 Å². The second-order valence-corrected chi connectivity index (χ2v) is 5.42. The molecule has 0 aliphatic heterocycles. The lowest BCUT2D eigenvalue weighted by molar-refractivity contribution is -0.114. The van der Waals surface area contributed by atoms with Gasteiger partial charge in [0.15, 0.2) is 0 Å². The van der Waals surface area contributed by atoms with Crippen LogP contribution >= 0.6 is 0 Å². The van der Waals surface area contributed by atoms with Gasteiger partial charge in [0.25, 0.3) is 5.91 Å². The van der Waals surface area contributed by atoms with Gasteiger partial charge >= 0.3 is 0 Å². The molecule has 2 amide bonds. The summed E-state index contributed by atoms with van der Waals surface area (Å²) in [6.45, 7) is 3.79. The SMILES string of the molecule is COc1ccc(NC(=O)c2ccc(C)c(C)c2)c(NC(=O)CN)c1. The van der Waals surface area contributed by atoms with Gasteiger partial charge < -0.3 is 21.1 Å². The third-order valence-electron chi connectivity index (χ3n) is 3.70. The van der Waals surface area contributed by atoms with Crippen molar-refractivity contribution in [1.82, 2.24) is 0 Å². The average molecular weight is 327 g/mol. The first-order valence-electron chi connectivity index (χ1n) is 7.51. The number of hydrogen-bond acceptors (Lipinski definition) is 4. The van der Waals surface area contributed by atoms with Crippen LogP contribution in [0.4, 0.5) is 11.4 Å². The molecule has 2 aromatic rings. The fraction of sp³-hybridized carbons (Fsp3) is 0.222. The van der Waals surface area contributed by atoms with Gasteiger partial charge in [-0.2, -0.15) is 0 Å². The van der Waals surface area contributed by atoms with Crippen LogP contribution in [0.1, 0.15) is 21.5 Å². The van der Waals surface area contributed by atoms with Crippen molar-refractivity contribution in [3.8, 4) is 5.75 Å². The zero-order valence-electron chi connectivity index (χ0n) is 14.0. The average Bonchev–Trinajstić information content (AvgIpc) is 2.58. The standard InChI is InChI=1S/C18H21N3O3/c1-11-4-5-13(8-12(11)2)18(23)21-15-7-6-14(24-3)9-16(15)20-17(22)10-19/h4-9H,10,19H2,1-3H3,(H,20,22)(H,21,23). The summed E-state index contributed by atoms with van der Waals surface area (Å²) in [5.74, 6) is -0.0528. The number of rotatable bonds is 5. The minimum Gasteiger partial charge on any atom is -0.497 e. The Morgan fingerprint density at radius 3 is 2.38 bits per heavy atom. The highest BCUT2D eigenvalue weighted by atomic mass is 16.5. The van der Waals surface area contributed by atoms with Gasteiger partial charge in [0.05, 0.1) is 25.0 Å². The summed E-state index contributed by atoms with van der Waals surface area (Å²) in [6.07, 6.45) is 0. The first kappa shape index (κ1) is 17.5. The minimum atomic E-state index is -0.357. The van der Waals surface area contributed by atoms with E-state index in [4.69, 9.17) is 10.5 Å². The second-order valence-electron chi connectivity index (χ2n) is 5.42. The van der Waals surface area contributed by atoms with Gasteiger partial charge in [-0.25, -0.2) is 0 Å². The van der Waals surface area contributed by atoms with Gasteiger partial charge in [0.2, 0.25) is 5.91 Å². The molecule has 126 valence electrons. The molecule has 4 N–H and O–H groups in total. The third kappa shape index (κ3) is 4.11. The number of nitrogens with two attached hydrogens (primary N) is 1. The second kappa shape index (κ2) is 7.61. The molecule has 0 aliphatic rings. The van der Waals surface area contributed by atoms with Crippen molar-refractivity contribution in [2.75, 3.05) is 24.3 Å². The Kier molecular flexibility index (Phi) is 5.55. The molecule has 0 atom stereocenters. The molecule has 6 heteroatoms. The lowest BCUT2D eigenvalue weighted by atomic mass is 10.1. The molecular formula is C18H21N3O3. The Morgan fingerprint density at radius 1 is 1.00 bits per heavy atom. The minimum absolute atomic E-state index is 0.151. The summed E-state index contributed by atoms with van der Waals surface area (Å²) < 4.78 is 5.15. The number of nitrogens with one attached hydrogen (secondary N) is 2. The monoisotopic (exact) mass is 327 g/mol. The molecular weight excluding hydrogens is 306 g/mol. The number of hydrogen-bond donors (Lipinski definition) is 3. The fourth-order valence-electron chi connectivity index (χ4n) is 2.14. The van der Waals surface area contributed by atoms with Crippen LogP contribution in [0.15, 0.2) is 36.4 Å². The largest absolute Gasteiger partial charge is 0.497 e. The predicted octanol–water partition coefficient (Wildman–Crippen LogP) is 2.46. The number of benzene rings is 2. The van der Waals surface area contributed by atoms with Gasteiger partial charge in [0, 0.05) is 11.6 Å². The van der Waals surface area contributed by atoms with Gasteiger partial charge in [-0.15, -0.1) is 0 Å². The summed E-state index contributed by atoms with van der Waals surface area (Å²) in [6, 6.07) is 10.5. The van der Waals surface area contributed by atoms with Crippen molar-refractivity contribution >= 4 is 23.2 Å². The molecule has 0 aliphatic carbocycles. The zero-order valence-corrected chi connectivity index (χ0v) is 14.0. The van der Waals surface area contributed by atoms with E-state index in [-0.39, 0.29) is 18.4 Å². The topological polar surface area (TPSA) is 93.5 Å². The Balaban J connectivity index is 2.28. The molecule has 24 heavy (non-hydrogen) atoms. The van der Waals surface area contributed by atoms with E-state index in [1.54, 1.807) is 24.3 Å². The summed E-state index contributed by atoms with van der Waals surface area (Å²) in [4.78, 5) is 24.0. The molecule has 0 bridgehead atoms. The normalized spacial score (nSPS) is 10.2.